The molecule has 0 spiro atoms. The number of hydrogen-bond donors (Lipinski definition) is 0. The smallest absolute Gasteiger partial charge is 0.164 e. The summed E-state index contributed by atoms with van der Waals surface area (Å²) >= 11 is 0. The molecule has 0 radical (unpaired) electrons. The normalized spacial score (nSPS) is 14.7. The van der Waals surface area contributed by atoms with Crippen LogP contribution in [-0.4, -0.2) is 19.5 Å². The molecule has 2 aromatic heterocycles. The molecule has 0 aliphatic heterocycles. The maximum atomic E-state index is 5.11. The highest BCUT2D eigenvalue weighted by molar-refractivity contribution is 6.10. The molecule has 7 aromatic carbocycles. The minimum absolute atomic E-state index is 0.116. The number of benzene rings is 7. The molecule has 0 bridgehead atoms. The van der Waals surface area contributed by atoms with Gasteiger partial charge < -0.3 is 4.57 Å². The Bertz CT molecular complexity index is 2900. The van der Waals surface area contributed by atoms with Crippen LogP contribution in [-0.2, 0) is 10.8 Å². The second-order valence-corrected chi connectivity index (χ2v) is 16.4. The van der Waals surface area contributed by atoms with Crippen LogP contribution in [0.5, 0.6) is 0 Å². The van der Waals surface area contributed by atoms with Gasteiger partial charge in [-0.05, 0) is 105 Å². The lowest BCUT2D eigenvalue weighted by Gasteiger charge is -2.42. The van der Waals surface area contributed by atoms with Gasteiger partial charge in [0.15, 0.2) is 17.5 Å². The minimum atomic E-state index is 0.116. The van der Waals surface area contributed by atoms with Crippen LogP contribution in [0.15, 0.2) is 158 Å². The number of para-hydroxylation sites is 1. The first kappa shape index (κ1) is 33.2. The zero-order chi connectivity index (χ0) is 37.3. The molecular weight excluding hydrogens is 669 g/mol. The summed E-state index contributed by atoms with van der Waals surface area (Å²) in [5.74, 6) is 1.95. The molecule has 0 saturated carbocycles. The molecular formula is C51H42N4. The summed E-state index contributed by atoms with van der Waals surface area (Å²) in [6.45, 7) is 9.62. The van der Waals surface area contributed by atoms with Crippen LogP contribution in [0, 0.1) is 0 Å². The molecule has 2 heterocycles. The molecule has 0 fully saturated rings. The van der Waals surface area contributed by atoms with Crippen LogP contribution in [0.25, 0.3) is 83.6 Å². The first-order chi connectivity index (χ1) is 26.7. The largest absolute Gasteiger partial charge is 0.309 e. The fourth-order valence-electron chi connectivity index (χ4n) is 8.60. The van der Waals surface area contributed by atoms with Crippen LogP contribution in [0.2, 0.25) is 0 Å². The predicted octanol–water partition coefficient (Wildman–Crippen LogP) is 13.1. The summed E-state index contributed by atoms with van der Waals surface area (Å²) in [7, 11) is 0. The van der Waals surface area contributed by atoms with E-state index in [2.05, 4.69) is 184 Å². The van der Waals surface area contributed by atoms with Crippen LogP contribution >= 0.6 is 0 Å². The molecule has 1 aliphatic rings. The Kier molecular flexibility index (Phi) is 7.60. The van der Waals surface area contributed by atoms with Crippen molar-refractivity contribution in [2.75, 3.05) is 0 Å². The van der Waals surface area contributed by atoms with Crippen molar-refractivity contribution < 1.29 is 0 Å². The van der Waals surface area contributed by atoms with Crippen molar-refractivity contribution in [3.8, 4) is 51.0 Å². The Morgan fingerprint density at radius 2 is 0.909 bits per heavy atom. The Labute approximate surface area is 322 Å². The fraction of sp³-hybridized carbons (Fsp3) is 0.157. The summed E-state index contributed by atoms with van der Waals surface area (Å²) in [5.41, 5.74) is 12.0. The van der Waals surface area contributed by atoms with E-state index in [1.807, 2.05) is 6.07 Å². The molecule has 10 rings (SSSR count). The van der Waals surface area contributed by atoms with Crippen LogP contribution in [0.4, 0.5) is 0 Å². The van der Waals surface area contributed by atoms with Crippen molar-refractivity contribution in [3.05, 3.63) is 169 Å². The summed E-state index contributed by atoms with van der Waals surface area (Å²) in [4.78, 5) is 15.3. The molecule has 4 heteroatoms. The van der Waals surface area contributed by atoms with Crippen LogP contribution < -0.4 is 0 Å². The topological polar surface area (TPSA) is 43.6 Å². The van der Waals surface area contributed by atoms with E-state index in [0.29, 0.717) is 17.5 Å². The Morgan fingerprint density at radius 3 is 1.60 bits per heavy atom. The van der Waals surface area contributed by atoms with E-state index < -0.39 is 0 Å². The second kappa shape index (κ2) is 12.6. The molecule has 1 aliphatic carbocycles. The maximum absolute atomic E-state index is 5.11. The second-order valence-electron chi connectivity index (χ2n) is 16.4. The highest BCUT2D eigenvalue weighted by Gasteiger charge is 2.37. The van der Waals surface area contributed by atoms with E-state index in [9.17, 15) is 0 Å². The SMILES string of the molecule is CC1(C)CCC(C)(C)c2cc3c(cc21)c1ccccc1n3-c1ccc(-c2nc(-c3ccc(-c4ccccc4)cc3)nc(-c3ccc4ccccc4c3)n2)cc1. The maximum Gasteiger partial charge on any atom is 0.164 e. The van der Waals surface area contributed by atoms with E-state index in [1.165, 1.54) is 56.7 Å². The molecule has 0 amide bonds. The van der Waals surface area contributed by atoms with E-state index in [-0.39, 0.29) is 10.8 Å². The fourth-order valence-corrected chi connectivity index (χ4v) is 8.60. The summed E-state index contributed by atoms with van der Waals surface area (Å²) in [5, 5.41) is 4.93. The van der Waals surface area contributed by atoms with Gasteiger partial charge in [0.2, 0.25) is 0 Å². The molecule has 4 nitrogen and oxygen atoms in total. The van der Waals surface area contributed by atoms with E-state index in [0.717, 1.165) is 33.3 Å². The van der Waals surface area contributed by atoms with Gasteiger partial charge in [0.1, 0.15) is 0 Å². The number of rotatable bonds is 5. The molecule has 0 N–H and O–H groups in total. The van der Waals surface area contributed by atoms with E-state index in [1.54, 1.807) is 0 Å². The van der Waals surface area contributed by atoms with Gasteiger partial charge in [-0.1, -0.05) is 137 Å². The van der Waals surface area contributed by atoms with Crippen molar-refractivity contribution in [1.82, 2.24) is 19.5 Å². The average Bonchev–Trinajstić information content (AvgIpc) is 3.56. The lowest BCUT2D eigenvalue weighted by Crippen LogP contribution is -2.33. The zero-order valence-corrected chi connectivity index (χ0v) is 31.7. The molecule has 0 saturated heterocycles. The number of fused-ring (bicyclic) bond motifs is 5. The van der Waals surface area contributed by atoms with Crippen LogP contribution in [0.1, 0.15) is 51.7 Å². The van der Waals surface area contributed by atoms with Gasteiger partial charge in [-0.15, -0.1) is 0 Å². The highest BCUT2D eigenvalue weighted by atomic mass is 15.0. The first-order valence-electron chi connectivity index (χ1n) is 19.3. The third-order valence-corrected chi connectivity index (χ3v) is 11.9. The number of nitrogens with zero attached hydrogens (tertiary/aromatic N) is 4. The number of aromatic nitrogens is 4. The summed E-state index contributed by atoms with van der Waals surface area (Å²) < 4.78 is 2.43. The third kappa shape index (κ3) is 5.72. The summed E-state index contributed by atoms with van der Waals surface area (Å²) in [6, 6.07) is 56.3. The zero-order valence-electron chi connectivity index (χ0n) is 31.7. The van der Waals surface area contributed by atoms with Crippen molar-refractivity contribution in [1.29, 1.82) is 0 Å². The third-order valence-electron chi connectivity index (χ3n) is 11.9. The predicted molar refractivity (Wildman–Crippen MR) is 229 cm³/mol. The van der Waals surface area contributed by atoms with Gasteiger partial charge in [-0.25, -0.2) is 15.0 Å². The minimum Gasteiger partial charge on any atom is -0.309 e. The first-order valence-corrected chi connectivity index (χ1v) is 19.3. The van der Waals surface area contributed by atoms with Crippen LogP contribution in [0.3, 0.4) is 0 Å². The van der Waals surface area contributed by atoms with E-state index >= 15 is 0 Å². The summed E-state index contributed by atoms with van der Waals surface area (Å²) in [6.07, 6.45) is 2.37. The van der Waals surface area contributed by atoms with Gasteiger partial charge in [-0.3, -0.25) is 0 Å². The quantitative estimate of drug-likeness (QED) is 0.179. The molecule has 0 atom stereocenters. The number of hydrogen-bond acceptors (Lipinski definition) is 3. The van der Waals surface area contributed by atoms with Crippen molar-refractivity contribution in [3.63, 3.8) is 0 Å². The molecule has 0 unspecified atom stereocenters. The van der Waals surface area contributed by atoms with Gasteiger partial charge >= 0.3 is 0 Å². The molecule has 266 valence electrons. The van der Waals surface area contributed by atoms with Crippen molar-refractivity contribution in [2.24, 2.45) is 0 Å². The van der Waals surface area contributed by atoms with Gasteiger partial charge in [-0.2, -0.15) is 0 Å². The Morgan fingerprint density at radius 1 is 0.400 bits per heavy atom. The van der Waals surface area contributed by atoms with Crippen molar-refractivity contribution in [2.45, 2.75) is 51.4 Å². The van der Waals surface area contributed by atoms with Gasteiger partial charge in [0.05, 0.1) is 11.0 Å². The molecule has 55 heavy (non-hydrogen) atoms. The lowest BCUT2D eigenvalue weighted by molar-refractivity contribution is 0.332. The molecule has 9 aromatic rings. The lowest BCUT2D eigenvalue weighted by atomic mass is 9.63. The van der Waals surface area contributed by atoms with E-state index in [4.69, 9.17) is 15.0 Å². The Balaban J connectivity index is 1.10. The highest BCUT2D eigenvalue weighted by Crippen LogP contribution is 2.48. The average molecular weight is 711 g/mol. The van der Waals surface area contributed by atoms with Gasteiger partial charge in [0, 0.05) is 33.2 Å². The van der Waals surface area contributed by atoms with Crippen molar-refractivity contribution >= 4 is 32.6 Å². The Hall–Kier alpha value is -6.39. The monoisotopic (exact) mass is 710 g/mol. The standard InChI is InChI=1S/C51H42N4/c1-50(2)28-29-51(3,4)44-32-46-42(31-43(44)50)41-16-10-11-17-45(41)55(46)40-26-24-37(25-27-40)48-52-47(36-21-18-35(19-22-36)33-12-6-5-7-13-33)53-49(54-48)39-23-20-34-14-8-9-15-38(34)30-39/h5-27,30-32H,28-29H2,1-4H3. The van der Waals surface area contributed by atoms with Gasteiger partial charge in [0.25, 0.3) is 0 Å².